The lowest BCUT2D eigenvalue weighted by atomic mass is 10.1. The SMILES string of the molecule is CCCc1cc(=O)c2ccc(Cl)cc2[nH]1. The number of H-pyrrole nitrogens is 1. The van der Waals surface area contributed by atoms with Gasteiger partial charge in [-0.3, -0.25) is 4.79 Å². The van der Waals surface area contributed by atoms with Gasteiger partial charge in [-0.2, -0.15) is 0 Å². The molecule has 0 unspecified atom stereocenters. The van der Waals surface area contributed by atoms with E-state index in [9.17, 15) is 4.79 Å². The minimum atomic E-state index is 0.0591. The van der Waals surface area contributed by atoms with E-state index in [1.165, 1.54) is 0 Å². The summed E-state index contributed by atoms with van der Waals surface area (Å²) in [5, 5.41) is 1.34. The fourth-order valence-electron chi connectivity index (χ4n) is 1.68. The van der Waals surface area contributed by atoms with E-state index in [0.29, 0.717) is 10.4 Å². The minimum absolute atomic E-state index is 0.0591. The Morgan fingerprint density at radius 1 is 1.33 bits per heavy atom. The molecule has 0 aliphatic carbocycles. The molecule has 0 amide bonds. The van der Waals surface area contributed by atoms with E-state index in [1.54, 1.807) is 24.3 Å². The van der Waals surface area contributed by atoms with E-state index in [-0.39, 0.29) is 5.43 Å². The Bertz CT molecular complexity index is 545. The van der Waals surface area contributed by atoms with Crippen molar-refractivity contribution in [1.82, 2.24) is 4.98 Å². The molecule has 2 rings (SSSR count). The van der Waals surface area contributed by atoms with Crippen LogP contribution >= 0.6 is 11.6 Å². The third kappa shape index (κ3) is 2.05. The first-order valence-electron chi connectivity index (χ1n) is 5.02. The normalized spacial score (nSPS) is 10.8. The van der Waals surface area contributed by atoms with Crippen molar-refractivity contribution in [1.29, 1.82) is 0 Å². The van der Waals surface area contributed by atoms with Gasteiger partial charge in [0.15, 0.2) is 5.43 Å². The second kappa shape index (κ2) is 4.07. The highest BCUT2D eigenvalue weighted by molar-refractivity contribution is 6.31. The van der Waals surface area contributed by atoms with Crippen molar-refractivity contribution in [2.24, 2.45) is 0 Å². The smallest absolute Gasteiger partial charge is 0.189 e. The molecule has 0 saturated carbocycles. The Morgan fingerprint density at radius 2 is 2.13 bits per heavy atom. The number of nitrogens with one attached hydrogen (secondary N) is 1. The Balaban J connectivity index is 2.68. The third-order valence-corrected chi connectivity index (χ3v) is 2.60. The Kier molecular flexibility index (Phi) is 2.78. The largest absolute Gasteiger partial charge is 0.358 e. The Labute approximate surface area is 92.9 Å². The zero-order chi connectivity index (χ0) is 10.8. The molecule has 2 aromatic rings. The van der Waals surface area contributed by atoms with Crippen LogP contribution < -0.4 is 5.43 Å². The van der Waals surface area contributed by atoms with Gasteiger partial charge < -0.3 is 4.98 Å². The Hall–Kier alpha value is -1.28. The van der Waals surface area contributed by atoms with Crippen LogP contribution in [0.4, 0.5) is 0 Å². The maximum atomic E-state index is 11.7. The van der Waals surface area contributed by atoms with Gasteiger partial charge in [0.05, 0.1) is 5.52 Å². The molecular formula is C12H12ClNO. The van der Waals surface area contributed by atoms with Crippen LogP contribution in [0.3, 0.4) is 0 Å². The first kappa shape index (κ1) is 10.2. The van der Waals surface area contributed by atoms with Gasteiger partial charge >= 0.3 is 0 Å². The molecule has 0 aliphatic heterocycles. The molecule has 0 bridgehead atoms. The van der Waals surface area contributed by atoms with Crippen molar-refractivity contribution >= 4 is 22.5 Å². The van der Waals surface area contributed by atoms with Gasteiger partial charge in [-0.15, -0.1) is 0 Å². The molecule has 78 valence electrons. The highest BCUT2D eigenvalue weighted by Gasteiger charge is 2.01. The molecule has 1 heterocycles. The predicted molar refractivity (Wildman–Crippen MR) is 63.6 cm³/mol. The van der Waals surface area contributed by atoms with Crippen molar-refractivity contribution < 1.29 is 0 Å². The second-order valence-electron chi connectivity index (χ2n) is 3.60. The monoisotopic (exact) mass is 221 g/mol. The fraction of sp³-hybridized carbons (Fsp3) is 0.250. The molecule has 0 saturated heterocycles. The summed E-state index contributed by atoms with van der Waals surface area (Å²) in [5.74, 6) is 0. The molecule has 3 heteroatoms. The van der Waals surface area contributed by atoms with Gasteiger partial charge in [0.25, 0.3) is 0 Å². The van der Waals surface area contributed by atoms with Crippen molar-refractivity contribution in [2.45, 2.75) is 19.8 Å². The highest BCUT2D eigenvalue weighted by atomic mass is 35.5. The molecule has 0 fully saturated rings. The summed E-state index contributed by atoms with van der Waals surface area (Å²) in [6.45, 7) is 2.08. The van der Waals surface area contributed by atoms with Crippen LogP contribution in [0.15, 0.2) is 29.1 Å². The van der Waals surface area contributed by atoms with Gasteiger partial charge in [0, 0.05) is 22.2 Å². The topological polar surface area (TPSA) is 32.9 Å². The van der Waals surface area contributed by atoms with Crippen LogP contribution in [-0.4, -0.2) is 4.98 Å². The van der Waals surface area contributed by atoms with E-state index in [4.69, 9.17) is 11.6 Å². The first-order valence-corrected chi connectivity index (χ1v) is 5.40. The maximum Gasteiger partial charge on any atom is 0.189 e. The molecule has 1 N–H and O–H groups in total. The predicted octanol–water partition coefficient (Wildman–Crippen LogP) is 3.13. The number of benzene rings is 1. The number of hydrogen-bond donors (Lipinski definition) is 1. The van der Waals surface area contributed by atoms with E-state index < -0.39 is 0 Å². The van der Waals surface area contributed by atoms with Crippen LogP contribution in [0.5, 0.6) is 0 Å². The Morgan fingerprint density at radius 3 is 2.87 bits per heavy atom. The molecular weight excluding hydrogens is 210 g/mol. The second-order valence-corrected chi connectivity index (χ2v) is 4.04. The zero-order valence-electron chi connectivity index (χ0n) is 8.51. The van der Waals surface area contributed by atoms with Crippen LogP contribution in [0.25, 0.3) is 10.9 Å². The quantitative estimate of drug-likeness (QED) is 0.831. The summed E-state index contributed by atoms with van der Waals surface area (Å²) < 4.78 is 0. The summed E-state index contributed by atoms with van der Waals surface area (Å²) in [7, 11) is 0. The summed E-state index contributed by atoms with van der Waals surface area (Å²) in [4.78, 5) is 14.9. The highest BCUT2D eigenvalue weighted by Crippen LogP contribution is 2.15. The lowest BCUT2D eigenvalue weighted by Crippen LogP contribution is -2.04. The first-order chi connectivity index (χ1) is 7.20. The zero-order valence-corrected chi connectivity index (χ0v) is 9.27. The maximum absolute atomic E-state index is 11.7. The third-order valence-electron chi connectivity index (χ3n) is 2.37. The summed E-state index contributed by atoms with van der Waals surface area (Å²) in [5.41, 5.74) is 1.85. The fourth-order valence-corrected chi connectivity index (χ4v) is 1.86. The van der Waals surface area contributed by atoms with Crippen molar-refractivity contribution in [2.75, 3.05) is 0 Å². The van der Waals surface area contributed by atoms with Gasteiger partial charge in [-0.1, -0.05) is 24.9 Å². The molecule has 2 nitrogen and oxygen atoms in total. The van der Waals surface area contributed by atoms with Gasteiger partial charge in [0.2, 0.25) is 0 Å². The van der Waals surface area contributed by atoms with Gasteiger partial charge in [0.1, 0.15) is 0 Å². The number of fused-ring (bicyclic) bond motifs is 1. The summed E-state index contributed by atoms with van der Waals surface area (Å²) in [6, 6.07) is 6.95. The van der Waals surface area contributed by atoms with E-state index in [0.717, 1.165) is 24.1 Å². The average molecular weight is 222 g/mol. The molecule has 0 radical (unpaired) electrons. The lowest BCUT2D eigenvalue weighted by Gasteiger charge is -2.03. The van der Waals surface area contributed by atoms with Crippen LogP contribution in [0, 0.1) is 0 Å². The molecule has 0 aliphatic rings. The standard InChI is InChI=1S/C12H12ClNO/c1-2-3-9-7-12(15)10-5-4-8(13)6-11(10)14-9/h4-7H,2-3H2,1H3,(H,14,15). The number of rotatable bonds is 2. The summed E-state index contributed by atoms with van der Waals surface area (Å²) in [6.07, 6.45) is 1.90. The molecule has 15 heavy (non-hydrogen) atoms. The number of aromatic nitrogens is 1. The minimum Gasteiger partial charge on any atom is -0.358 e. The van der Waals surface area contributed by atoms with Crippen LogP contribution in [0.1, 0.15) is 19.0 Å². The average Bonchev–Trinajstić information content (AvgIpc) is 2.17. The van der Waals surface area contributed by atoms with Crippen molar-refractivity contribution in [3.8, 4) is 0 Å². The van der Waals surface area contributed by atoms with Gasteiger partial charge in [-0.25, -0.2) is 0 Å². The molecule has 0 atom stereocenters. The molecule has 1 aromatic carbocycles. The van der Waals surface area contributed by atoms with E-state index in [1.807, 2.05) is 0 Å². The van der Waals surface area contributed by atoms with E-state index in [2.05, 4.69) is 11.9 Å². The lowest BCUT2D eigenvalue weighted by molar-refractivity contribution is 0.888. The number of pyridine rings is 1. The van der Waals surface area contributed by atoms with Crippen LogP contribution in [0.2, 0.25) is 5.02 Å². The van der Waals surface area contributed by atoms with Gasteiger partial charge in [-0.05, 0) is 24.6 Å². The molecule has 0 spiro atoms. The van der Waals surface area contributed by atoms with E-state index >= 15 is 0 Å². The van der Waals surface area contributed by atoms with Crippen molar-refractivity contribution in [3.05, 3.63) is 45.2 Å². The van der Waals surface area contributed by atoms with Crippen molar-refractivity contribution in [3.63, 3.8) is 0 Å². The number of halogens is 1. The number of hydrogen-bond acceptors (Lipinski definition) is 1. The number of aryl methyl sites for hydroxylation is 1. The van der Waals surface area contributed by atoms with Crippen LogP contribution in [-0.2, 0) is 6.42 Å². The molecule has 1 aromatic heterocycles. The summed E-state index contributed by atoms with van der Waals surface area (Å²) >= 11 is 5.88. The number of aromatic amines is 1.